The van der Waals surface area contributed by atoms with Crippen molar-refractivity contribution < 1.29 is 10.0 Å². The topological polar surface area (TPSA) is 81.2 Å². The van der Waals surface area contributed by atoms with Gasteiger partial charge in [0.05, 0.1) is 22.1 Å². The maximum Gasteiger partial charge on any atom is 0.293 e. The van der Waals surface area contributed by atoms with Crippen molar-refractivity contribution >= 4 is 16.7 Å². The van der Waals surface area contributed by atoms with Gasteiger partial charge in [-0.25, -0.2) is 4.98 Å². The van der Waals surface area contributed by atoms with Crippen LogP contribution in [0.15, 0.2) is 48.8 Å². The summed E-state index contributed by atoms with van der Waals surface area (Å²) >= 11 is 0. The lowest BCUT2D eigenvalue weighted by atomic mass is 10.1. The van der Waals surface area contributed by atoms with Gasteiger partial charge >= 0.3 is 0 Å². The molecule has 106 valence electrons. The second-order valence-electron chi connectivity index (χ2n) is 4.78. The molecule has 0 aliphatic carbocycles. The highest BCUT2D eigenvalue weighted by molar-refractivity contribution is 5.78. The van der Waals surface area contributed by atoms with Crippen molar-refractivity contribution in [2.75, 3.05) is 0 Å². The molecule has 1 unspecified atom stereocenters. The molecule has 0 aliphatic rings. The van der Waals surface area contributed by atoms with Gasteiger partial charge in [-0.3, -0.25) is 14.7 Å². The predicted molar refractivity (Wildman–Crippen MR) is 78.4 cm³/mol. The van der Waals surface area contributed by atoms with Gasteiger partial charge in [-0.1, -0.05) is 18.2 Å². The number of nitrogens with zero attached hydrogens (tertiary/aromatic N) is 3. The van der Waals surface area contributed by atoms with E-state index in [1.807, 2.05) is 24.3 Å². The van der Waals surface area contributed by atoms with Crippen molar-refractivity contribution in [2.45, 2.75) is 13.0 Å². The monoisotopic (exact) mass is 283 g/mol. The zero-order valence-corrected chi connectivity index (χ0v) is 11.3. The highest BCUT2D eigenvalue weighted by Gasteiger charge is 2.19. The lowest BCUT2D eigenvalue weighted by Gasteiger charge is -2.09. The summed E-state index contributed by atoms with van der Waals surface area (Å²) in [7, 11) is 0. The number of para-hydroxylation sites is 2. The van der Waals surface area contributed by atoms with E-state index in [9.17, 15) is 15.2 Å². The van der Waals surface area contributed by atoms with Crippen LogP contribution in [0.25, 0.3) is 16.7 Å². The van der Waals surface area contributed by atoms with E-state index in [1.54, 1.807) is 30.0 Å². The molecular weight excluding hydrogens is 270 g/mol. The quantitative estimate of drug-likeness (QED) is 0.591. The van der Waals surface area contributed by atoms with Gasteiger partial charge < -0.3 is 5.11 Å². The van der Waals surface area contributed by atoms with Gasteiger partial charge in [0.25, 0.3) is 5.69 Å². The van der Waals surface area contributed by atoms with E-state index >= 15 is 0 Å². The van der Waals surface area contributed by atoms with Crippen LogP contribution < -0.4 is 0 Å². The zero-order valence-electron chi connectivity index (χ0n) is 11.3. The minimum absolute atomic E-state index is 0.0587. The van der Waals surface area contributed by atoms with Crippen LogP contribution in [0.2, 0.25) is 0 Å². The van der Waals surface area contributed by atoms with E-state index < -0.39 is 11.0 Å². The minimum atomic E-state index is -0.753. The van der Waals surface area contributed by atoms with Crippen LogP contribution in [-0.2, 0) is 0 Å². The highest BCUT2D eigenvalue weighted by atomic mass is 16.6. The summed E-state index contributed by atoms with van der Waals surface area (Å²) in [4.78, 5) is 15.1. The van der Waals surface area contributed by atoms with Crippen molar-refractivity contribution in [3.05, 3.63) is 64.5 Å². The molecule has 0 aliphatic heterocycles. The third-order valence-corrected chi connectivity index (χ3v) is 3.39. The fraction of sp³-hybridized carbons (Fsp3) is 0.133. The Morgan fingerprint density at radius 1 is 1.29 bits per heavy atom. The molecule has 1 atom stereocenters. The zero-order chi connectivity index (χ0) is 15.0. The second kappa shape index (κ2) is 4.99. The first kappa shape index (κ1) is 13.3. The minimum Gasteiger partial charge on any atom is -0.389 e. The van der Waals surface area contributed by atoms with E-state index in [0.717, 1.165) is 11.0 Å². The summed E-state index contributed by atoms with van der Waals surface area (Å²) in [6.07, 6.45) is 0.812. The molecular formula is C15H13N3O3. The Bertz CT molecular complexity index is 824. The number of fused-ring (bicyclic) bond motifs is 1. The number of aliphatic hydroxyl groups is 1. The number of hydrogen-bond donors (Lipinski definition) is 1. The smallest absolute Gasteiger partial charge is 0.293 e. The molecule has 0 saturated heterocycles. The number of aliphatic hydroxyl groups excluding tert-OH is 1. The molecule has 6 heteroatoms. The SMILES string of the molecule is CC(O)c1ccc(-n2cnc3ccccc32)c([N+](=O)[O-])c1. The van der Waals surface area contributed by atoms with Crippen LogP contribution in [0.4, 0.5) is 5.69 Å². The van der Waals surface area contributed by atoms with Crippen LogP contribution >= 0.6 is 0 Å². The molecule has 21 heavy (non-hydrogen) atoms. The van der Waals surface area contributed by atoms with E-state index in [2.05, 4.69) is 4.98 Å². The van der Waals surface area contributed by atoms with Crippen molar-refractivity contribution in [2.24, 2.45) is 0 Å². The van der Waals surface area contributed by atoms with Crippen LogP contribution in [0, 0.1) is 10.1 Å². The molecule has 3 aromatic rings. The Balaban J connectivity index is 2.24. The first-order valence-corrected chi connectivity index (χ1v) is 6.47. The Kier molecular flexibility index (Phi) is 3.15. The van der Waals surface area contributed by atoms with E-state index in [4.69, 9.17) is 0 Å². The summed E-state index contributed by atoms with van der Waals surface area (Å²) in [5.74, 6) is 0. The number of hydrogen-bond acceptors (Lipinski definition) is 4. The third-order valence-electron chi connectivity index (χ3n) is 3.39. The summed E-state index contributed by atoms with van der Waals surface area (Å²) in [6, 6.07) is 12.1. The van der Waals surface area contributed by atoms with Crippen molar-refractivity contribution in [1.29, 1.82) is 0 Å². The molecule has 0 fully saturated rings. The molecule has 2 aromatic carbocycles. The summed E-state index contributed by atoms with van der Waals surface area (Å²) in [5.41, 5.74) is 2.45. The molecule has 1 heterocycles. The molecule has 0 saturated carbocycles. The van der Waals surface area contributed by atoms with Gasteiger partial charge in [-0.2, -0.15) is 0 Å². The molecule has 0 bridgehead atoms. The van der Waals surface area contributed by atoms with Crippen LogP contribution in [0.3, 0.4) is 0 Å². The number of nitro benzene ring substituents is 1. The fourth-order valence-electron chi connectivity index (χ4n) is 2.30. The molecule has 0 spiro atoms. The van der Waals surface area contributed by atoms with Gasteiger partial charge in [0.15, 0.2) is 0 Å². The van der Waals surface area contributed by atoms with E-state index in [1.165, 1.54) is 6.07 Å². The molecule has 0 amide bonds. The standard InChI is InChI=1S/C15H13N3O3/c1-10(19)11-6-7-14(15(8-11)18(20)21)17-9-16-12-4-2-3-5-13(12)17/h2-10,19H,1H3. The predicted octanol–water partition coefficient (Wildman–Crippen LogP) is 2.99. The number of nitro groups is 1. The Hall–Kier alpha value is -2.73. The lowest BCUT2D eigenvalue weighted by Crippen LogP contribution is -2.01. The van der Waals surface area contributed by atoms with Gasteiger partial charge in [0, 0.05) is 6.07 Å². The normalized spacial score (nSPS) is 12.5. The van der Waals surface area contributed by atoms with Crippen molar-refractivity contribution in [3.8, 4) is 5.69 Å². The number of rotatable bonds is 3. The third kappa shape index (κ3) is 2.25. The molecule has 6 nitrogen and oxygen atoms in total. The van der Waals surface area contributed by atoms with Gasteiger partial charge in [0.2, 0.25) is 0 Å². The average Bonchev–Trinajstić information content (AvgIpc) is 2.90. The first-order chi connectivity index (χ1) is 10.1. The van der Waals surface area contributed by atoms with Crippen LogP contribution in [0.5, 0.6) is 0 Å². The average molecular weight is 283 g/mol. The maximum absolute atomic E-state index is 11.3. The molecule has 1 N–H and O–H groups in total. The lowest BCUT2D eigenvalue weighted by molar-refractivity contribution is -0.384. The maximum atomic E-state index is 11.3. The summed E-state index contributed by atoms with van der Waals surface area (Å²) < 4.78 is 1.68. The van der Waals surface area contributed by atoms with Crippen molar-refractivity contribution in [1.82, 2.24) is 9.55 Å². The number of benzene rings is 2. The number of aromatic nitrogens is 2. The molecule has 3 rings (SSSR count). The fourth-order valence-corrected chi connectivity index (χ4v) is 2.30. The Labute approximate surface area is 120 Å². The summed E-state index contributed by atoms with van der Waals surface area (Å²) in [6.45, 7) is 1.57. The number of imidazole rings is 1. The first-order valence-electron chi connectivity index (χ1n) is 6.47. The molecule has 1 aromatic heterocycles. The highest BCUT2D eigenvalue weighted by Crippen LogP contribution is 2.29. The van der Waals surface area contributed by atoms with Gasteiger partial charge in [-0.05, 0) is 30.7 Å². The van der Waals surface area contributed by atoms with Crippen LogP contribution in [0.1, 0.15) is 18.6 Å². The van der Waals surface area contributed by atoms with E-state index in [0.29, 0.717) is 11.3 Å². The molecule has 0 radical (unpaired) electrons. The van der Waals surface area contributed by atoms with Gasteiger partial charge in [0.1, 0.15) is 12.0 Å². The van der Waals surface area contributed by atoms with Crippen LogP contribution in [-0.4, -0.2) is 19.6 Å². The van der Waals surface area contributed by atoms with Gasteiger partial charge in [-0.15, -0.1) is 0 Å². The Morgan fingerprint density at radius 3 is 2.76 bits per heavy atom. The Morgan fingerprint density at radius 2 is 2.05 bits per heavy atom. The second-order valence-corrected chi connectivity index (χ2v) is 4.78. The van der Waals surface area contributed by atoms with Crippen molar-refractivity contribution in [3.63, 3.8) is 0 Å². The van der Waals surface area contributed by atoms with E-state index in [-0.39, 0.29) is 5.69 Å². The summed E-state index contributed by atoms with van der Waals surface area (Å²) in [5, 5.41) is 20.9. The largest absolute Gasteiger partial charge is 0.389 e.